The molecule has 0 aliphatic heterocycles. The third kappa shape index (κ3) is 4.88. The molecule has 0 amide bonds. The maximum Gasteiger partial charge on any atom is 0.0114 e. The average Bonchev–Trinajstić information content (AvgIpc) is 1.85. The van der Waals surface area contributed by atoms with Crippen LogP contribution >= 0.6 is 0 Å². The topological polar surface area (TPSA) is 12.0 Å². The van der Waals surface area contributed by atoms with E-state index in [0.717, 1.165) is 5.70 Å². The third-order valence-electron chi connectivity index (χ3n) is 0.846. The van der Waals surface area contributed by atoms with Crippen LogP contribution in [0.3, 0.4) is 0 Å². The Kier molecular flexibility index (Phi) is 4.60. The maximum absolute atomic E-state index is 3.57. The standard InChI is InChI=1S/C8H13N/c1-4-6-8(3)9-7-5-2/h4-7,9H,1H2,2-3H3. The van der Waals surface area contributed by atoms with Crippen LogP contribution in [0.5, 0.6) is 0 Å². The molecule has 0 heterocycles. The van der Waals surface area contributed by atoms with Crippen LogP contribution in [0.1, 0.15) is 13.8 Å². The molecular weight excluding hydrogens is 110 g/mol. The van der Waals surface area contributed by atoms with Crippen molar-refractivity contribution in [3.63, 3.8) is 0 Å². The van der Waals surface area contributed by atoms with E-state index < -0.39 is 0 Å². The second-order valence-electron chi connectivity index (χ2n) is 1.73. The van der Waals surface area contributed by atoms with Gasteiger partial charge in [-0.25, -0.2) is 0 Å². The van der Waals surface area contributed by atoms with Crippen LogP contribution in [0.4, 0.5) is 0 Å². The Labute approximate surface area is 56.8 Å². The van der Waals surface area contributed by atoms with Gasteiger partial charge in [-0.1, -0.05) is 18.7 Å². The molecule has 0 aliphatic rings. The Morgan fingerprint density at radius 3 is 2.67 bits per heavy atom. The van der Waals surface area contributed by atoms with Crippen LogP contribution in [0, 0.1) is 0 Å². The van der Waals surface area contributed by atoms with E-state index in [9.17, 15) is 0 Å². The van der Waals surface area contributed by atoms with Crippen molar-refractivity contribution < 1.29 is 0 Å². The van der Waals surface area contributed by atoms with Crippen LogP contribution in [0.15, 0.2) is 36.7 Å². The third-order valence-corrected chi connectivity index (χ3v) is 0.846. The molecule has 0 radical (unpaired) electrons. The summed E-state index contributed by atoms with van der Waals surface area (Å²) in [5.41, 5.74) is 1.10. The first-order chi connectivity index (χ1) is 4.31. The van der Waals surface area contributed by atoms with Crippen molar-refractivity contribution in [1.29, 1.82) is 0 Å². The van der Waals surface area contributed by atoms with E-state index in [1.807, 2.05) is 32.2 Å². The average molecular weight is 123 g/mol. The zero-order valence-electron chi connectivity index (χ0n) is 6.02. The van der Waals surface area contributed by atoms with Gasteiger partial charge < -0.3 is 5.32 Å². The first-order valence-electron chi connectivity index (χ1n) is 2.98. The van der Waals surface area contributed by atoms with Gasteiger partial charge in [0, 0.05) is 5.70 Å². The van der Waals surface area contributed by atoms with Crippen molar-refractivity contribution in [2.45, 2.75) is 13.8 Å². The van der Waals surface area contributed by atoms with Crippen LogP contribution < -0.4 is 5.32 Å². The highest BCUT2D eigenvalue weighted by Gasteiger charge is 1.75. The molecule has 0 saturated heterocycles. The van der Waals surface area contributed by atoms with Crippen LogP contribution in [0.25, 0.3) is 0 Å². The van der Waals surface area contributed by atoms with E-state index >= 15 is 0 Å². The molecule has 0 rings (SSSR count). The maximum atomic E-state index is 3.57. The molecule has 9 heavy (non-hydrogen) atoms. The summed E-state index contributed by atoms with van der Waals surface area (Å²) in [7, 11) is 0. The molecule has 0 aliphatic carbocycles. The van der Waals surface area contributed by atoms with Gasteiger partial charge in [0.2, 0.25) is 0 Å². The van der Waals surface area contributed by atoms with E-state index in [0.29, 0.717) is 0 Å². The van der Waals surface area contributed by atoms with E-state index in [1.165, 1.54) is 0 Å². The van der Waals surface area contributed by atoms with E-state index in [-0.39, 0.29) is 0 Å². The van der Waals surface area contributed by atoms with Gasteiger partial charge in [0.1, 0.15) is 0 Å². The Balaban J connectivity index is 3.61. The summed E-state index contributed by atoms with van der Waals surface area (Å²) in [6, 6.07) is 0. The summed E-state index contributed by atoms with van der Waals surface area (Å²) in [5.74, 6) is 0. The fourth-order valence-corrected chi connectivity index (χ4v) is 0.440. The van der Waals surface area contributed by atoms with E-state index in [1.54, 1.807) is 6.08 Å². The molecule has 0 aromatic heterocycles. The highest BCUT2D eigenvalue weighted by molar-refractivity contribution is 5.07. The van der Waals surface area contributed by atoms with Crippen LogP contribution in [-0.4, -0.2) is 0 Å². The highest BCUT2D eigenvalue weighted by atomic mass is 14.8. The monoisotopic (exact) mass is 123 g/mol. The SMILES string of the molecule is C=CC=C(C)NC=CC. The molecule has 1 heteroatoms. The smallest absolute Gasteiger partial charge is 0.0114 e. The summed E-state index contributed by atoms with van der Waals surface area (Å²) >= 11 is 0. The van der Waals surface area contributed by atoms with Crippen molar-refractivity contribution in [3.8, 4) is 0 Å². The largest absolute Gasteiger partial charge is 0.366 e. The molecule has 0 spiro atoms. The number of allylic oxidation sites excluding steroid dienone is 4. The van der Waals surface area contributed by atoms with Gasteiger partial charge in [-0.3, -0.25) is 0 Å². The van der Waals surface area contributed by atoms with Crippen molar-refractivity contribution >= 4 is 0 Å². The fourth-order valence-electron chi connectivity index (χ4n) is 0.440. The lowest BCUT2D eigenvalue weighted by atomic mass is 10.4. The summed E-state index contributed by atoms with van der Waals surface area (Å²) in [4.78, 5) is 0. The van der Waals surface area contributed by atoms with Gasteiger partial charge in [-0.15, -0.1) is 0 Å². The summed E-state index contributed by atoms with van der Waals surface area (Å²) in [5, 5.41) is 3.04. The van der Waals surface area contributed by atoms with Crippen molar-refractivity contribution in [3.05, 3.63) is 36.7 Å². The number of hydrogen-bond acceptors (Lipinski definition) is 1. The van der Waals surface area contributed by atoms with Gasteiger partial charge in [0.25, 0.3) is 0 Å². The number of nitrogens with one attached hydrogen (secondary N) is 1. The highest BCUT2D eigenvalue weighted by Crippen LogP contribution is 1.84. The molecule has 0 aromatic carbocycles. The lowest BCUT2D eigenvalue weighted by Crippen LogP contribution is -1.99. The molecule has 0 aromatic rings. The second kappa shape index (κ2) is 5.16. The van der Waals surface area contributed by atoms with Crippen LogP contribution in [-0.2, 0) is 0 Å². The predicted molar refractivity (Wildman–Crippen MR) is 41.9 cm³/mol. The van der Waals surface area contributed by atoms with Crippen molar-refractivity contribution in [1.82, 2.24) is 5.32 Å². The van der Waals surface area contributed by atoms with Crippen molar-refractivity contribution in [2.75, 3.05) is 0 Å². The van der Waals surface area contributed by atoms with Crippen LogP contribution in [0.2, 0.25) is 0 Å². The lowest BCUT2D eigenvalue weighted by Gasteiger charge is -1.95. The summed E-state index contributed by atoms with van der Waals surface area (Å²) in [6.45, 7) is 7.52. The van der Waals surface area contributed by atoms with Gasteiger partial charge >= 0.3 is 0 Å². The first-order valence-corrected chi connectivity index (χ1v) is 2.98. The predicted octanol–water partition coefficient (Wildman–Crippen LogP) is 2.20. The molecule has 50 valence electrons. The minimum Gasteiger partial charge on any atom is -0.366 e. The molecular formula is C8H13N. The summed E-state index contributed by atoms with van der Waals surface area (Å²) in [6.07, 6.45) is 7.50. The first kappa shape index (κ1) is 8.02. The Morgan fingerprint density at radius 1 is 1.56 bits per heavy atom. The quantitative estimate of drug-likeness (QED) is 0.567. The zero-order chi connectivity index (χ0) is 7.11. The minimum atomic E-state index is 1.10. The van der Waals surface area contributed by atoms with Gasteiger partial charge in [0.05, 0.1) is 0 Å². The zero-order valence-corrected chi connectivity index (χ0v) is 6.02. The molecule has 1 nitrogen and oxygen atoms in total. The van der Waals surface area contributed by atoms with E-state index in [2.05, 4.69) is 11.9 Å². The molecule has 1 N–H and O–H groups in total. The van der Waals surface area contributed by atoms with Gasteiger partial charge in [0.15, 0.2) is 0 Å². The second-order valence-corrected chi connectivity index (χ2v) is 1.73. The molecule has 0 fully saturated rings. The Morgan fingerprint density at radius 2 is 2.22 bits per heavy atom. The molecule has 0 saturated carbocycles. The van der Waals surface area contributed by atoms with Gasteiger partial charge in [-0.2, -0.15) is 0 Å². The lowest BCUT2D eigenvalue weighted by molar-refractivity contribution is 1.06. The number of hydrogen-bond donors (Lipinski definition) is 1. The Bertz CT molecular complexity index is 132. The van der Waals surface area contributed by atoms with Crippen molar-refractivity contribution in [2.24, 2.45) is 0 Å². The Hall–Kier alpha value is -0.980. The fraction of sp³-hybridized carbons (Fsp3) is 0.250. The molecule has 0 unspecified atom stereocenters. The number of rotatable bonds is 3. The van der Waals surface area contributed by atoms with Gasteiger partial charge in [-0.05, 0) is 26.1 Å². The normalized spacial score (nSPS) is 12.0. The minimum absolute atomic E-state index is 1.10. The van der Waals surface area contributed by atoms with E-state index in [4.69, 9.17) is 0 Å². The molecule has 0 bridgehead atoms. The molecule has 0 atom stereocenters. The summed E-state index contributed by atoms with van der Waals surface area (Å²) < 4.78 is 0.